The largest absolute Gasteiger partial charge is 0.476 e. The molecule has 2 heterocycles. The number of fused-ring (bicyclic) bond motifs is 1. The van der Waals surface area contributed by atoms with Crippen LogP contribution in [0.15, 0.2) is 33.5 Å². The summed E-state index contributed by atoms with van der Waals surface area (Å²) in [6.45, 7) is 1.94. The number of ether oxygens (including phenoxy) is 2. The van der Waals surface area contributed by atoms with Crippen LogP contribution in [0, 0.1) is 6.92 Å². The number of rotatable bonds is 7. The molecule has 0 unspecified atom stereocenters. The SMILES string of the molecule is CC(=O)N[C@@H]1[C@@H]([C@@H](O)[C@H](O)CO)O[C@@](Oc2ccc3c(C)cc(=O)oc3c2)(C(=O)O)C[C@H]1O. The Morgan fingerprint density at radius 2 is 2.00 bits per heavy atom. The molecule has 0 bridgehead atoms. The Balaban J connectivity index is 2.01. The second kappa shape index (κ2) is 9.45. The van der Waals surface area contributed by atoms with E-state index in [1.165, 1.54) is 18.2 Å². The van der Waals surface area contributed by atoms with Crippen molar-refractivity contribution in [3.8, 4) is 5.75 Å². The fourth-order valence-electron chi connectivity index (χ4n) is 3.79. The molecule has 180 valence electrons. The smallest absolute Gasteiger partial charge is 0.377 e. The van der Waals surface area contributed by atoms with Gasteiger partial charge in [0.25, 0.3) is 0 Å². The summed E-state index contributed by atoms with van der Waals surface area (Å²) in [5.41, 5.74) is 0.135. The highest BCUT2D eigenvalue weighted by atomic mass is 16.7. The van der Waals surface area contributed by atoms with Gasteiger partial charge < -0.3 is 44.7 Å². The van der Waals surface area contributed by atoms with E-state index in [1.807, 2.05) is 0 Å². The second-order valence-corrected chi connectivity index (χ2v) is 7.89. The summed E-state index contributed by atoms with van der Waals surface area (Å²) < 4.78 is 16.3. The van der Waals surface area contributed by atoms with Gasteiger partial charge in [0.15, 0.2) is 0 Å². The Bertz CT molecular complexity index is 1100. The number of carboxylic acid groups (broad SMARTS) is 1. The van der Waals surface area contributed by atoms with Crippen LogP contribution < -0.4 is 15.7 Å². The molecule has 1 aromatic heterocycles. The van der Waals surface area contributed by atoms with Gasteiger partial charge in [-0.25, -0.2) is 9.59 Å². The summed E-state index contributed by atoms with van der Waals surface area (Å²) in [6.07, 6.45) is -7.56. The van der Waals surface area contributed by atoms with Crippen LogP contribution in [0.3, 0.4) is 0 Å². The van der Waals surface area contributed by atoms with Crippen molar-refractivity contribution in [1.29, 1.82) is 0 Å². The van der Waals surface area contributed by atoms with Gasteiger partial charge in [-0.05, 0) is 24.6 Å². The van der Waals surface area contributed by atoms with Crippen LogP contribution in [-0.4, -0.2) is 80.3 Å². The van der Waals surface area contributed by atoms with Crippen molar-refractivity contribution in [2.75, 3.05) is 6.61 Å². The third-order valence-electron chi connectivity index (χ3n) is 5.39. The van der Waals surface area contributed by atoms with Crippen LogP contribution >= 0.6 is 0 Å². The minimum atomic E-state index is -2.55. The molecule has 0 aliphatic carbocycles. The van der Waals surface area contributed by atoms with Gasteiger partial charge in [-0.15, -0.1) is 0 Å². The molecule has 0 spiro atoms. The van der Waals surface area contributed by atoms with Crippen molar-refractivity contribution in [2.24, 2.45) is 0 Å². The average Bonchev–Trinajstić information content (AvgIpc) is 2.73. The van der Waals surface area contributed by atoms with Gasteiger partial charge in [0.05, 0.1) is 25.2 Å². The van der Waals surface area contributed by atoms with Gasteiger partial charge in [0.2, 0.25) is 5.91 Å². The van der Waals surface area contributed by atoms with Crippen molar-refractivity contribution >= 4 is 22.8 Å². The molecule has 0 radical (unpaired) electrons. The number of nitrogens with one attached hydrogen (secondary N) is 1. The van der Waals surface area contributed by atoms with E-state index in [4.69, 9.17) is 13.9 Å². The fourth-order valence-corrected chi connectivity index (χ4v) is 3.79. The molecular formula is C21H25NO11. The summed E-state index contributed by atoms with van der Waals surface area (Å²) in [6, 6.07) is 4.21. The predicted molar refractivity (Wildman–Crippen MR) is 110 cm³/mol. The van der Waals surface area contributed by atoms with Crippen molar-refractivity contribution in [3.05, 3.63) is 40.2 Å². The lowest BCUT2D eigenvalue weighted by Crippen LogP contribution is -2.68. The third-order valence-corrected chi connectivity index (χ3v) is 5.39. The zero-order chi connectivity index (χ0) is 24.5. The van der Waals surface area contributed by atoms with E-state index in [2.05, 4.69) is 5.32 Å². The molecule has 3 rings (SSSR count). The van der Waals surface area contributed by atoms with Crippen LogP contribution in [-0.2, 0) is 14.3 Å². The number of carboxylic acids is 1. The minimum Gasteiger partial charge on any atom is -0.476 e. The van der Waals surface area contributed by atoms with Crippen molar-refractivity contribution in [3.63, 3.8) is 0 Å². The number of amides is 1. The molecule has 1 saturated heterocycles. The number of aryl methyl sites for hydroxylation is 1. The van der Waals surface area contributed by atoms with Crippen LogP contribution in [0.5, 0.6) is 5.75 Å². The molecule has 33 heavy (non-hydrogen) atoms. The highest BCUT2D eigenvalue weighted by molar-refractivity contribution is 5.82. The molecule has 1 fully saturated rings. The molecule has 1 aliphatic rings. The summed E-state index contributed by atoms with van der Waals surface area (Å²) in [5, 5.41) is 53.0. The maximum absolute atomic E-state index is 12.2. The first-order valence-electron chi connectivity index (χ1n) is 10.0. The first-order valence-corrected chi connectivity index (χ1v) is 10.0. The van der Waals surface area contributed by atoms with E-state index in [-0.39, 0.29) is 11.3 Å². The number of aliphatic hydroxyl groups is 4. The highest BCUT2D eigenvalue weighted by Gasteiger charge is 2.56. The average molecular weight is 467 g/mol. The predicted octanol–water partition coefficient (Wildman–Crippen LogP) is -1.37. The lowest BCUT2D eigenvalue weighted by molar-refractivity contribution is -0.284. The van der Waals surface area contributed by atoms with Crippen LogP contribution in [0.25, 0.3) is 11.0 Å². The lowest BCUT2D eigenvalue weighted by atomic mass is 9.88. The van der Waals surface area contributed by atoms with Gasteiger partial charge in [-0.1, -0.05) is 0 Å². The van der Waals surface area contributed by atoms with Gasteiger partial charge in [0, 0.05) is 24.4 Å². The second-order valence-electron chi connectivity index (χ2n) is 7.89. The molecule has 2 aromatic rings. The molecule has 12 nitrogen and oxygen atoms in total. The maximum Gasteiger partial charge on any atom is 0.377 e. The maximum atomic E-state index is 12.2. The van der Waals surface area contributed by atoms with Crippen molar-refractivity contribution in [2.45, 2.75) is 56.5 Å². The fraction of sp³-hybridized carbons (Fsp3) is 0.476. The summed E-state index contributed by atoms with van der Waals surface area (Å²) in [5.74, 6) is -4.90. The van der Waals surface area contributed by atoms with E-state index >= 15 is 0 Å². The lowest BCUT2D eigenvalue weighted by Gasteiger charge is -2.46. The standard InChI is InChI=1S/C21H25NO11/c1-9-5-16(27)31-15-6-11(3-4-12(9)15)32-21(20(29)30)7-13(25)17(22-10(2)24)19(33-21)18(28)14(26)8-23/h3-6,13-14,17-19,23,25-26,28H,7-8H2,1-2H3,(H,22,24)(H,29,30)/t13-,14-,17+,18+,19+,21-/m1/s1. The number of carbonyl (C=O) groups excluding carboxylic acids is 1. The number of hydrogen-bond donors (Lipinski definition) is 6. The number of carbonyl (C=O) groups is 2. The molecule has 1 aromatic carbocycles. The van der Waals surface area contributed by atoms with E-state index in [0.717, 1.165) is 6.92 Å². The van der Waals surface area contributed by atoms with Gasteiger partial charge in [-0.3, -0.25) is 4.79 Å². The van der Waals surface area contributed by atoms with Crippen LogP contribution in [0.4, 0.5) is 0 Å². The first-order chi connectivity index (χ1) is 15.5. The summed E-state index contributed by atoms with van der Waals surface area (Å²) in [4.78, 5) is 35.5. The number of aliphatic hydroxyl groups excluding tert-OH is 4. The molecule has 6 N–H and O–H groups in total. The van der Waals surface area contributed by atoms with Crippen LogP contribution in [0.1, 0.15) is 18.9 Å². The molecule has 6 atom stereocenters. The Hall–Kier alpha value is -3.03. The monoisotopic (exact) mass is 467 g/mol. The highest BCUT2D eigenvalue weighted by Crippen LogP contribution is 2.35. The van der Waals surface area contributed by atoms with E-state index < -0.39 is 66.8 Å². The molecule has 0 saturated carbocycles. The zero-order valence-electron chi connectivity index (χ0n) is 17.8. The Labute approximate surface area is 187 Å². The van der Waals surface area contributed by atoms with Crippen LogP contribution in [0.2, 0.25) is 0 Å². The van der Waals surface area contributed by atoms with Gasteiger partial charge in [0.1, 0.15) is 29.6 Å². The normalized spacial score (nSPS) is 27.0. The molecular weight excluding hydrogens is 442 g/mol. The quantitative estimate of drug-likeness (QED) is 0.263. The Kier molecular flexibility index (Phi) is 7.05. The number of hydrogen-bond acceptors (Lipinski definition) is 10. The van der Waals surface area contributed by atoms with Gasteiger partial charge in [-0.2, -0.15) is 0 Å². The van der Waals surface area contributed by atoms with Crippen molar-refractivity contribution < 1.29 is 49.0 Å². The molecule has 12 heteroatoms. The van der Waals surface area contributed by atoms with Gasteiger partial charge >= 0.3 is 17.4 Å². The first kappa shape index (κ1) is 24.6. The zero-order valence-corrected chi connectivity index (χ0v) is 17.8. The topological polar surface area (TPSA) is 196 Å². The van der Waals surface area contributed by atoms with Crippen molar-refractivity contribution in [1.82, 2.24) is 5.32 Å². The number of benzene rings is 1. The van der Waals surface area contributed by atoms with E-state index in [9.17, 15) is 39.9 Å². The summed E-state index contributed by atoms with van der Waals surface area (Å²) in [7, 11) is 0. The molecule has 1 aliphatic heterocycles. The van der Waals surface area contributed by atoms with E-state index in [1.54, 1.807) is 13.0 Å². The molecule has 1 amide bonds. The minimum absolute atomic E-state index is 0.0835. The Morgan fingerprint density at radius 1 is 1.30 bits per heavy atom. The Morgan fingerprint density at radius 3 is 2.61 bits per heavy atom. The number of aliphatic carboxylic acids is 1. The van der Waals surface area contributed by atoms with E-state index in [0.29, 0.717) is 10.9 Å². The third kappa shape index (κ3) is 4.99. The summed E-state index contributed by atoms with van der Waals surface area (Å²) >= 11 is 0.